The van der Waals surface area contributed by atoms with Crippen LogP contribution < -0.4 is 10.6 Å². The fourth-order valence-corrected chi connectivity index (χ4v) is 3.24. The Balaban J connectivity index is 2.56. The molecule has 2 rings (SSSR count). The first kappa shape index (κ1) is 13.1. The van der Waals surface area contributed by atoms with E-state index in [2.05, 4.69) is 13.8 Å². The van der Waals surface area contributed by atoms with Crippen LogP contribution in [0.15, 0.2) is 24.3 Å². The van der Waals surface area contributed by atoms with Crippen molar-refractivity contribution in [2.75, 3.05) is 4.90 Å². The molecule has 3 nitrogen and oxygen atoms in total. The van der Waals surface area contributed by atoms with Crippen LogP contribution in [-0.2, 0) is 4.79 Å². The molecule has 18 heavy (non-hydrogen) atoms. The number of rotatable bonds is 2. The molecule has 0 bridgehead atoms. The van der Waals surface area contributed by atoms with Gasteiger partial charge >= 0.3 is 0 Å². The van der Waals surface area contributed by atoms with E-state index < -0.39 is 0 Å². The molecule has 0 saturated carbocycles. The van der Waals surface area contributed by atoms with E-state index in [1.165, 1.54) is 0 Å². The summed E-state index contributed by atoms with van der Waals surface area (Å²) in [7, 11) is 0. The van der Waals surface area contributed by atoms with Gasteiger partial charge in [-0.3, -0.25) is 4.79 Å². The largest absolute Gasteiger partial charge is 0.324 e. The van der Waals surface area contributed by atoms with Gasteiger partial charge in [-0.25, -0.2) is 0 Å². The van der Waals surface area contributed by atoms with Crippen LogP contribution >= 0.6 is 0 Å². The number of anilines is 1. The van der Waals surface area contributed by atoms with Gasteiger partial charge in [0.25, 0.3) is 0 Å². The van der Waals surface area contributed by atoms with Gasteiger partial charge < -0.3 is 10.6 Å². The third-order valence-electron chi connectivity index (χ3n) is 4.07. The maximum Gasteiger partial charge on any atom is 0.224 e. The van der Waals surface area contributed by atoms with Crippen LogP contribution in [0.25, 0.3) is 0 Å². The fraction of sp³-hybridized carbons (Fsp3) is 0.533. The number of hydrogen-bond acceptors (Lipinski definition) is 2. The summed E-state index contributed by atoms with van der Waals surface area (Å²) in [4.78, 5) is 13.9. The lowest BCUT2D eigenvalue weighted by molar-refractivity contribution is -0.117. The van der Waals surface area contributed by atoms with Crippen LogP contribution in [-0.4, -0.2) is 11.9 Å². The van der Waals surface area contributed by atoms with E-state index in [-0.39, 0.29) is 18.0 Å². The lowest BCUT2D eigenvalue weighted by atomic mass is 9.79. The highest BCUT2D eigenvalue weighted by atomic mass is 16.2. The SMILES string of the molecule is CCC1[C@@H](N)c2ccccc2N(C(C)=O)[C@H]1CC. The lowest BCUT2D eigenvalue weighted by Crippen LogP contribution is -2.50. The first-order valence-electron chi connectivity index (χ1n) is 6.76. The van der Waals surface area contributed by atoms with Crippen molar-refractivity contribution < 1.29 is 4.79 Å². The summed E-state index contributed by atoms with van der Waals surface area (Å²) in [5.74, 6) is 0.452. The number of benzene rings is 1. The molecule has 1 heterocycles. The summed E-state index contributed by atoms with van der Waals surface area (Å²) in [5.41, 5.74) is 8.49. The Kier molecular flexibility index (Phi) is 3.71. The van der Waals surface area contributed by atoms with E-state index in [9.17, 15) is 4.79 Å². The van der Waals surface area contributed by atoms with Gasteiger partial charge in [-0.05, 0) is 30.4 Å². The second-order valence-corrected chi connectivity index (χ2v) is 5.02. The maximum atomic E-state index is 12.0. The van der Waals surface area contributed by atoms with E-state index in [1.54, 1.807) is 6.92 Å². The zero-order valence-corrected chi connectivity index (χ0v) is 11.4. The normalized spacial score (nSPS) is 26.9. The van der Waals surface area contributed by atoms with Crippen LogP contribution in [0.1, 0.15) is 45.2 Å². The summed E-state index contributed by atoms with van der Waals surface area (Å²) in [6.45, 7) is 5.92. The van der Waals surface area contributed by atoms with Crippen molar-refractivity contribution >= 4 is 11.6 Å². The van der Waals surface area contributed by atoms with Crippen LogP contribution in [0.3, 0.4) is 0 Å². The van der Waals surface area contributed by atoms with Crippen LogP contribution in [0.2, 0.25) is 0 Å². The predicted molar refractivity (Wildman–Crippen MR) is 74.4 cm³/mol. The third kappa shape index (κ3) is 1.93. The molecular weight excluding hydrogens is 224 g/mol. The van der Waals surface area contributed by atoms with Crippen LogP contribution in [0.5, 0.6) is 0 Å². The van der Waals surface area contributed by atoms with Crippen molar-refractivity contribution in [1.82, 2.24) is 0 Å². The van der Waals surface area contributed by atoms with Crippen molar-refractivity contribution in [1.29, 1.82) is 0 Å². The molecule has 1 aliphatic rings. The molecule has 0 saturated heterocycles. The molecule has 1 aromatic carbocycles. The lowest BCUT2D eigenvalue weighted by Gasteiger charge is -2.44. The second kappa shape index (κ2) is 5.11. The third-order valence-corrected chi connectivity index (χ3v) is 4.07. The molecular formula is C15H22N2O. The Bertz CT molecular complexity index is 444. The van der Waals surface area contributed by atoms with Gasteiger partial charge in [-0.2, -0.15) is 0 Å². The van der Waals surface area contributed by atoms with E-state index in [0.29, 0.717) is 5.92 Å². The zero-order valence-electron chi connectivity index (χ0n) is 11.4. The average Bonchev–Trinajstić information content (AvgIpc) is 2.38. The highest BCUT2D eigenvalue weighted by molar-refractivity contribution is 5.93. The number of para-hydroxylation sites is 1. The minimum atomic E-state index is 0.0340. The van der Waals surface area contributed by atoms with Gasteiger partial charge in [0.15, 0.2) is 0 Å². The molecule has 2 N–H and O–H groups in total. The number of carbonyl (C=O) groups is 1. The van der Waals surface area contributed by atoms with Gasteiger partial charge in [0.2, 0.25) is 5.91 Å². The van der Waals surface area contributed by atoms with Gasteiger partial charge in [-0.15, -0.1) is 0 Å². The van der Waals surface area contributed by atoms with Gasteiger partial charge in [0, 0.05) is 24.7 Å². The summed E-state index contributed by atoms with van der Waals surface area (Å²) < 4.78 is 0. The van der Waals surface area contributed by atoms with Crippen molar-refractivity contribution in [3.8, 4) is 0 Å². The molecule has 0 fully saturated rings. The Labute approximate surface area is 109 Å². The molecule has 0 aliphatic carbocycles. The van der Waals surface area contributed by atoms with Crippen molar-refractivity contribution in [3.63, 3.8) is 0 Å². The number of fused-ring (bicyclic) bond motifs is 1. The molecule has 0 aromatic heterocycles. The van der Waals surface area contributed by atoms with Crippen LogP contribution in [0.4, 0.5) is 5.69 Å². The summed E-state index contributed by atoms with van der Waals surface area (Å²) in [6.07, 6.45) is 1.94. The van der Waals surface area contributed by atoms with Crippen molar-refractivity contribution in [2.45, 2.75) is 45.7 Å². The Morgan fingerprint density at radius 3 is 2.50 bits per heavy atom. The van der Waals surface area contributed by atoms with E-state index in [1.807, 2.05) is 29.2 Å². The number of carbonyl (C=O) groups excluding carboxylic acids is 1. The van der Waals surface area contributed by atoms with Crippen molar-refractivity contribution in [2.24, 2.45) is 11.7 Å². The molecule has 1 amide bonds. The van der Waals surface area contributed by atoms with Gasteiger partial charge in [0.1, 0.15) is 0 Å². The summed E-state index contributed by atoms with van der Waals surface area (Å²) in [5, 5.41) is 0. The van der Waals surface area contributed by atoms with E-state index >= 15 is 0 Å². The molecule has 1 aromatic rings. The topological polar surface area (TPSA) is 46.3 Å². The fourth-order valence-electron chi connectivity index (χ4n) is 3.24. The highest BCUT2D eigenvalue weighted by Crippen LogP contribution is 2.41. The van der Waals surface area contributed by atoms with Crippen LogP contribution in [0, 0.1) is 5.92 Å². The molecule has 0 spiro atoms. The first-order chi connectivity index (χ1) is 8.61. The summed E-state index contributed by atoms with van der Waals surface area (Å²) >= 11 is 0. The number of hydrogen-bond donors (Lipinski definition) is 1. The smallest absolute Gasteiger partial charge is 0.224 e. The Morgan fingerprint density at radius 2 is 1.94 bits per heavy atom. The molecule has 3 atom stereocenters. The Morgan fingerprint density at radius 1 is 1.28 bits per heavy atom. The molecule has 3 heteroatoms. The van der Waals surface area contributed by atoms with Gasteiger partial charge in [0.05, 0.1) is 0 Å². The minimum absolute atomic E-state index is 0.0340. The number of nitrogens with two attached hydrogens (primary N) is 1. The second-order valence-electron chi connectivity index (χ2n) is 5.02. The van der Waals surface area contributed by atoms with Gasteiger partial charge in [-0.1, -0.05) is 32.0 Å². The van der Waals surface area contributed by atoms with Crippen molar-refractivity contribution in [3.05, 3.63) is 29.8 Å². The maximum absolute atomic E-state index is 12.0. The first-order valence-corrected chi connectivity index (χ1v) is 6.76. The monoisotopic (exact) mass is 246 g/mol. The van der Waals surface area contributed by atoms with E-state index in [4.69, 9.17) is 5.73 Å². The molecule has 0 radical (unpaired) electrons. The standard InChI is InChI=1S/C15H22N2O/c1-4-11-13(5-2)17(10(3)18)14-9-7-6-8-12(14)15(11)16/h6-9,11,13,15H,4-5,16H2,1-3H3/t11?,13-,15+/m0/s1. The number of nitrogens with zero attached hydrogens (tertiary/aromatic N) is 1. The zero-order chi connectivity index (χ0) is 13.3. The predicted octanol–water partition coefficient (Wildman–Crippen LogP) is 2.86. The quantitative estimate of drug-likeness (QED) is 0.872. The minimum Gasteiger partial charge on any atom is -0.324 e. The number of amides is 1. The highest BCUT2D eigenvalue weighted by Gasteiger charge is 2.38. The average molecular weight is 246 g/mol. The Hall–Kier alpha value is -1.35. The summed E-state index contributed by atoms with van der Waals surface area (Å²) in [6, 6.07) is 8.27. The molecule has 98 valence electrons. The van der Waals surface area contributed by atoms with E-state index in [0.717, 1.165) is 24.1 Å². The molecule has 1 aliphatic heterocycles. The molecule has 1 unspecified atom stereocenters.